The number of benzene rings is 2. The summed E-state index contributed by atoms with van der Waals surface area (Å²) in [6.07, 6.45) is 2.45. The van der Waals surface area contributed by atoms with Gasteiger partial charge in [0.25, 0.3) is 15.9 Å². The Labute approximate surface area is 180 Å². The van der Waals surface area contributed by atoms with E-state index >= 15 is 0 Å². The summed E-state index contributed by atoms with van der Waals surface area (Å²) in [7, 11) is -3.73. The van der Waals surface area contributed by atoms with E-state index < -0.39 is 16.1 Å². The van der Waals surface area contributed by atoms with Gasteiger partial charge in [-0.1, -0.05) is 19.1 Å². The largest absolute Gasteiger partial charge is 0.481 e. The number of aryl methyl sites for hydroxylation is 1. The number of hydrogen-bond acceptors (Lipinski definition) is 6. The molecule has 1 unspecified atom stereocenters. The van der Waals surface area contributed by atoms with E-state index in [4.69, 9.17) is 4.74 Å². The van der Waals surface area contributed by atoms with Crippen molar-refractivity contribution in [2.75, 3.05) is 16.2 Å². The second-order valence-corrected chi connectivity index (χ2v) is 9.40. The van der Waals surface area contributed by atoms with Crippen molar-refractivity contribution in [3.8, 4) is 5.75 Å². The minimum Gasteiger partial charge on any atom is -0.481 e. The highest BCUT2D eigenvalue weighted by atomic mass is 32.2. The van der Waals surface area contributed by atoms with Gasteiger partial charge in [-0.25, -0.2) is 13.4 Å². The highest BCUT2D eigenvalue weighted by Crippen LogP contribution is 2.27. The van der Waals surface area contributed by atoms with Crippen LogP contribution in [0.2, 0.25) is 0 Å². The van der Waals surface area contributed by atoms with Gasteiger partial charge < -0.3 is 9.64 Å². The average molecular weight is 446 g/mol. The normalized spacial score (nSPS) is 16.6. The lowest BCUT2D eigenvalue weighted by atomic mass is 10.1. The number of carbonyl (C=O) groups is 1. The molecule has 2 heterocycles. The average Bonchev–Trinajstić information content (AvgIpc) is 3.38. The maximum absolute atomic E-state index is 12.8. The van der Waals surface area contributed by atoms with Gasteiger partial charge in [-0.05, 0) is 48.4 Å². The minimum atomic E-state index is -3.73. The maximum atomic E-state index is 12.8. The molecule has 2 aromatic carbocycles. The van der Waals surface area contributed by atoms with Crippen LogP contribution < -0.4 is 14.4 Å². The first-order valence-corrected chi connectivity index (χ1v) is 11.9. The lowest BCUT2D eigenvalue weighted by Gasteiger charge is -2.18. The van der Waals surface area contributed by atoms with Crippen LogP contribution in [-0.2, 0) is 21.2 Å². The summed E-state index contributed by atoms with van der Waals surface area (Å²) in [4.78, 5) is 18.5. The Morgan fingerprint density at radius 2 is 2.07 bits per heavy atom. The van der Waals surface area contributed by atoms with Gasteiger partial charge in [0.05, 0.1) is 4.90 Å². The van der Waals surface area contributed by atoms with Crippen molar-refractivity contribution in [1.82, 2.24) is 4.98 Å². The molecule has 30 heavy (non-hydrogen) atoms. The van der Waals surface area contributed by atoms with E-state index in [9.17, 15) is 13.2 Å². The van der Waals surface area contributed by atoms with Crippen LogP contribution in [0.1, 0.15) is 20.3 Å². The van der Waals surface area contributed by atoms with Crippen LogP contribution in [0, 0.1) is 0 Å². The molecule has 4 rings (SSSR count). The molecule has 0 spiro atoms. The van der Waals surface area contributed by atoms with E-state index in [0.29, 0.717) is 29.5 Å². The summed E-state index contributed by atoms with van der Waals surface area (Å²) < 4.78 is 33.3. The summed E-state index contributed by atoms with van der Waals surface area (Å²) >= 11 is 1.20. The van der Waals surface area contributed by atoms with Crippen LogP contribution in [0.5, 0.6) is 5.75 Å². The molecule has 1 saturated heterocycles. The van der Waals surface area contributed by atoms with Gasteiger partial charge in [0.2, 0.25) is 0 Å². The van der Waals surface area contributed by atoms with Crippen LogP contribution in [-0.4, -0.2) is 32.0 Å². The summed E-state index contributed by atoms with van der Waals surface area (Å²) in [5.41, 5.74) is 1.79. The predicted molar refractivity (Wildman–Crippen MR) is 119 cm³/mol. The molecule has 158 valence electrons. The van der Waals surface area contributed by atoms with Crippen LogP contribution in [0.15, 0.2) is 65.0 Å². The van der Waals surface area contributed by atoms with Gasteiger partial charge in [0.1, 0.15) is 5.75 Å². The monoisotopic (exact) mass is 445 g/mol. The van der Waals surface area contributed by atoms with Crippen molar-refractivity contribution < 1.29 is 19.4 Å². The van der Waals surface area contributed by atoms with Crippen LogP contribution in [0.4, 0.5) is 10.8 Å². The predicted octanol–water partition coefficient (Wildman–Crippen LogP) is 3.94. The third-order valence-electron chi connectivity index (χ3n) is 4.85. The number of sulfonamides is 1. The topological polar surface area (TPSA) is 88.6 Å². The molecule has 0 saturated carbocycles. The lowest BCUT2D eigenvalue weighted by molar-refractivity contribution is -0.122. The standard InChI is InChI=1S/C21H21N3O4S2.H2/c1-2-15-4-3-5-17(14-15)28-19-10-12-24(20(19)25)16-6-8-18(9-7-16)30(26,27)23-21-22-11-13-29-21;/h3-9,11,13-14,19H,2,10,12H2,1H3,(H,22,23);1H. The zero-order valence-corrected chi connectivity index (χ0v) is 17.9. The molecule has 0 aliphatic carbocycles. The molecule has 3 aromatic rings. The van der Waals surface area contributed by atoms with Crippen molar-refractivity contribution in [2.24, 2.45) is 0 Å². The fourth-order valence-electron chi connectivity index (χ4n) is 3.28. The SMILES string of the molecule is CCc1cccc(OC2CCN(c3ccc(S(=O)(=O)Nc4nccs4)cc3)C2=O)c1.[HH]. The van der Waals surface area contributed by atoms with E-state index in [1.54, 1.807) is 22.4 Å². The van der Waals surface area contributed by atoms with Gasteiger partial charge in [0, 0.05) is 31.7 Å². The maximum Gasteiger partial charge on any atom is 0.268 e. The van der Waals surface area contributed by atoms with Crippen molar-refractivity contribution in [1.29, 1.82) is 0 Å². The highest BCUT2D eigenvalue weighted by Gasteiger charge is 2.34. The summed E-state index contributed by atoms with van der Waals surface area (Å²) in [6, 6.07) is 14.0. The quantitative estimate of drug-likeness (QED) is 0.595. The minimum absolute atomic E-state index is 0. The molecule has 1 amide bonds. The Bertz CT molecular complexity index is 1140. The number of aromatic nitrogens is 1. The van der Waals surface area contributed by atoms with Gasteiger partial charge in [-0.2, -0.15) is 0 Å². The van der Waals surface area contributed by atoms with Crippen molar-refractivity contribution in [2.45, 2.75) is 30.8 Å². The molecule has 1 aromatic heterocycles. The van der Waals surface area contributed by atoms with Crippen LogP contribution >= 0.6 is 11.3 Å². The first-order chi connectivity index (χ1) is 14.5. The molecule has 1 fully saturated rings. The fraction of sp³-hybridized carbons (Fsp3) is 0.238. The molecule has 1 aliphatic rings. The van der Waals surface area contributed by atoms with Crippen molar-refractivity contribution in [3.63, 3.8) is 0 Å². The smallest absolute Gasteiger partial charge is 0.268 e. The first kappa shape index (κ1) is 20.4. The number of thiazole rings is 1. The van der Waals surface area contributed by atoms with Gasteiger partial charge >= 0.3 is 0 Å². The Hall–Kier alpha value is -2.91. The van der Waals surface area contributed by atoms with Crippen molar-refractivity contribution >= 4 is 38.1 Å². The van der Waals surface area contributed by atoms with Gasteiger partial charge in [-0.3, -0.25) is 9.52 Å². The number of carbonyl (C=O) groups excluding carboxylic acids is 1. The Balaban J connectivity index is 0.00000272. The Morgan fingerprint density at radius 1 is 1.27 bits per heavy atom. The molecule has 1 N–H and O–H groups in total. The zero-order valence-electron chi connectivity index (χ0n) is 16.3. The van der Waals surface area contributed by atoms with E-state index in [2.05, 4.69) is 16.6 Å². The van der Waals surface area contributed by atoms with E-state index in [1.165, 1.54) is 29.7 Å². The molecular weight excluding hydrogens is 422 g/mol. The number of amides is 1. The highest BCUT2D eigenvalue weighted by molar-refractivity contribution is 7.93. The third kappa shape index (κ3) is 4.31. The van der Waals surface area contributed by atoms with E-state index in [-0.39, 0.29) is 12.2 Å². The summed E-state index contributed by atoms with van der Waals surface area (Å²) in [5.74, 6) is 0.553. The number of nitrogens with zero attached hydrogens (tertiary/aromatic N) is 2. The Morgan fingerprint density at radius 3 is 2.77 bits per heavy atom. The van der Waals surface area contributed by atoms with E-state index in [0.717, 1.165) is 12.0 Å². The summed E-state index contributed by atoms with van der Waals surface area (Å²) in [6.45, 7) is 2.58. The fourth-order valence-corrected chi connectivity index (χ4v) is 5.06. The molecular formula is C21H23N3O4S2. The molecule has 0 bridgehead atoms. The van der Waals surface area contributed by atoms with Crippen molar-refractivity contribution in [3.05, 3.63) is 65.7 Å². The molecule has 1 atom stereocenters. The number of anilines is 2. The number of rotatable bonds is 7. The number of hydrogen-bond donors (Lipinski definition) is 1. The zero-order chi connectivity index (χ0) is 21.1. The second kappa shape index (κ2) is 8.45. The van der Waals surface area contributed by atoms with E-state index in [1.807, 2.05) is 24.3 Å². The molecule has 1 aliphatic heterocycles. The second-order valence-electron chi connectivity index (χ2n) is 6.82. The molecule has 0 radical (unpaired) electrons. The van der Waals surface area contributed by atoms with Gasteiger partial charge in [0.15, 0.2) is 11.2 Å². The molecule has 7 nitrogen and oxygen atoms in total. The number of nitrogens with one attached hydrogen (secondary N) is 1. The summed E-state index contributed by atoms with van der Waals surface area (Å²) in [5, 5.41) is 2.00. The third-order valence-corrected chi connectivity index (χ3v) is 7.03. The van der Waals surface area contributed by atoms with Crippen LogP contribution in [0.25, 0.3) is 0 Å². The van der Waals surface area contributed by atoms with Crippen LogP contribution in [0.3, 0.4) is 0 Å². The number of ether oxygens (including phenoxy) is 1. The Kier molecular flexibility index (Phi) is 5.74. The molecule has 9 heteroatoms. The lowest BCUT2D eigenvalue weighted by Crippen LogP contribution is -2.32. The van der Waals surface area contributed by atoms with Gasteiger partial charge in [-0.15, -0.1) is 11.3 Å². The first-order valence-electron chi connectivity index (χ1n) is 9.55.